The maximum absolute atomic E-state index is 12.5. The highest BCUT2D eigenvalue weighted by Crippen LogP contribution is 2.27. The highest BCUT2D eigenvalue weighted by atomic mass is 16.5. The summed E-state index contributed by atoms with van der Waals surface area (Å²) in [7, 11) is 1.64. The number of nitrogens with zero attached hydrogens (tertiary/aromatic N) is 1. The quantitative estimate of drug-likeness (QED) is 0.767. The third kappa shape index (κ3) is 4.19. The summed E-state index contributed by atoms with van der Waals surface area (Å²) in [6, 6.07) is 18.3. The van der Waals surface area contributed by atoms with E-state index >= 15 is 0 Å². The van der Waals surface area contributed by atoms with Crippen molar-refractivity contribution < 1.29 is 9.53 Å². The van der Waals surface area contributed by atoms with Crippen LogP contribution in [0.5, 0.6) is 5.75 Å². The van der Waals surface area contributed by atoms with Gasteiger partial charge in [0.1, 0.15) is 12.4 Å². The Bertz CT molecular complexity index is 978. The summed E-state index contributed by atoms with van der Waals surface area (Å²) < 4.78 is 7.29. The fourth-order valence-corrected chi connectivity index (χ4v) is 2.49. The molecule has 0 aliphatic carbocycles. The van der Waals surface area contributed by atoms with E-state index in [4.69, 9.17) is 4.74 Å². The summed E-state index contributed by atoms with van der Waals surface area (Å²) in [5, 5.41) is 2.84. The van der Waals surface area contributed by atoms with Crippen molar-refractivity contribution in [3.05, 3.63) is 93.9 Å². The number of rotatable bonds is 5. The van der Waals surface area contributed by atoms with Crippen molar-refractivity contribution in [2.45, 2.75) is 13.5 Å². The number of ether oxygens (including phenoxy) is 1. The van der Waals surface area contributed by atoms with Gasteiger partial charge in [0.15, 0.2) is 0 Å². The summed E-state index contributed by atoms with van der Waals surface area (Å²) in [4.78, 5) is 24.2. The molecule has 0 saturated heterocycles. The summed E-state index contributed by atoms with van der Waals surface area (Å²) in [6.45, 7) is 2.34. The summed E-state index contributed by atoms with van der Waals surface area (Å²) in [5.41, 5.74) is 2.69. The molecule has 5 nitrogen and oxygen atoms in total. The molecular weight excluding hydrogens is 328 g/mol. The topological polar surface area (TPSA) is 60.3 Å². The van der Waals surface area contributed by atoms with E-state index in [1.807, 2.05) is 55.5 Å². The van der Waals surface area contributed by atoms with Crippen molar-refractivity contribution in [2.75, 3.05) is 5.32 Å². The van der Waals surface area contributed by atoms with Gasteiger partial charge in [-0.25, -0.2) is 0 Å². The number of carbonyl (C=O) groups is 1. The number of aryl methyl sites for hydroxylation is 2. The van der Waals surface area contributed by atoms with E-state index in [9.17, 15) is 9.59 Å². The Kier molecular flexibility index (Phi) is 5.17. The number of nitrogens with one attached hydrogen (secondary N) is 1. The van der Waals surface area contributed by atoms with E-state index in [1.165, 1.54) is 10.6 Å². The zero-order valence-corrected chi connectivity index (χ0v) is 14.7. The molecule has 0 aliphatic heterocycles. The van der Waals surface area contributed by atoms with Gasteiger partial charge >= 0.3 is 0 Å². The van der Waals surface area contributed by atoms with Crippen LogP contribution in [0.25, 0.3) is 0 Å². The summed E-state index contributed by atoms with van der Waals surface area (Å²) in [5.74, 6) is 0.231. The van der Waals surface area contributed by atoms with Crippen LogP contribution in [0.15, 0.2) is 71.7 Å². The molecule has 0 aliphatic rings. The minimum atomic E-state index is -0.349. The molecular formula is C21H20N2O3. The molecule has 1 amide bonds. The molecule has 26 heavy (non-hydrogen) atoms. The van der Waals surface area contributed by atoms with Crippen LogP contribution in [0.4, 0.5) is 5.69 Å². The molecule has 0 unspecified atom stereocenters. The molecule has 0 bridgehead atoms. The Morgan fingerprint density at radius 3 is 2.58 bits per heavy atom. The number of hydrogen-bond donors (Lipinski definition) is 1. The first kappa shape index (κ1) is 17.5. The highest BCUT2D eigenvalue weighted by Gasteiger charge is 2.11. The number of amides is 1. The average Bonchev–Trinajstić information content (AvgIpc) is 2.64. The second kappa shape index (κ2) is 7.70. The molecule has 0 saturated carbocycles. The molecule has 1 N–H and O–H groups in total. The van der Waals surface area contributed by atoms with E-state index in [1.54, 1.807) is 19.3 Å². The Morgan fingerprint density at radius 2 is 1.85 bits per heavy atom. The lowest BCUT2D eigenvalue weighted by molar-refractivity contribution is 0.102. The summed E-state index contributed by atoms with van der Waals surface area (Å²) in [6.07, 6.45) is 1.57. The lowest BCUT2D eigenvalue weighted by atomic mass is 10.2. The van der Waals surface area contributed by atoms with Gasteiger partial charge in [0.25, 0.3) is 11.5 Å². The van der Waals surface area contributed by atoms with Crippen LogP contribution in [0, 0.1) is 6.92 Å². The first-order chi connectivity index (χ1) is 12.5. The first-order valence-electron chi connectivity index (χ1n) is 8.28. The van der Waals surface area contributed by atoms with Crippen LogP contribution >= 0.6 is 0 Å². The molecule has 0 spiro atoms. The largest absolute Gasteiger partial charge is 0.487 e. The highest BCUT2D eigenvalue weighted by molar-refractivity contribution is 6.04. The minimum absolute atomic E-state index is 0.234. The van der Waals surface area contributed by atoms with E-state index < -0.39 is 0 Å². The first-order valence-corrected chi connectivity index (χ1v) is 8.28. The van der Waals surface area contributed by atoms with Crippen LogP contribution in [0.2, 0.25) is 0 Å². The van der Waals surface area contributed by atoms with Gasteiger partial charge in [-0.05, 0) is 36.2 Å². The average molecular weight is 348 g/mol. The van der Waals surface area contributed by atoms with Crippen LogP contribution in [-0.4, -0.2) is 10.5 Å². The zero-order chi connectivity index (χ0) is 18.5. The lowest BCUT2D eigenvalue weighted by Crippen LogP contribution is -2.20. The zero-order valence-electron chi connectivity index (χ0n) is 14.7. The SMILES string of the molecule is Cc1ccc(OCc2ccccc2)c(NC(=O)c2ccn(C)c(=O)c2)c1. The van der Waals surface area contributed by atoms with Gasteiger partial charge in [-0.2, -0.15) is 0 Å². The fraction of sp³-hybridized carbons (Fsp3) is 0.143. The standard InChI is InChI=1S/C21H20N2O3/c1-15-8-9-19(26-14-16-6-4-3-5-7-16)18(12-15)22-21(25)17-10-11-23(2)20(24)13-17/h3-13H,14H2,1-2H3,(H,22,25). The number of benzene rings is 2. The second-order valence-electron chi connectivity index (χ2n) is 6.09. The fourth-order valence-electron chi connectivity index (χ4n) is 2.49. The second-order valence-corrected chi connectivity index (χ2v) is 6.09. The van der Waals surface area contributed by atoms with Crippen molar-refractivity contribution in [1.29, 1.82) is 0 Å². The van der Waals surface area contributed by atoms with Gasteiger partial charge < -0.3 is 14.6 Å². The molecule has 1 aromatic heterocycles. The maximum atomic E-state index is 12.5. The molecule has 3 aromatic rings. The number of anilines is 1. The van der Waals surface area contributed by atoms with Crippen LogP contribution in [0.3, 0.4) is 0 Å². The van der Waals surface area contributed by atoms with E-state index in [-0.39, 0.29) is 11.5 Å². The smallest absolute Gasteiger partial charge is 0.256 e. The van der Waals surface area contributed by atoms with Crippen molar-refractivity contribution >= 4 is 11.6 Å². The molecule has 0 atom stereocenters. The Balaban J connectivity index is 1.80. The van der Waals surface area contributed by atoms with Crippen molar-refractivity contribution in [1.82, 2.24) is 4.57 Å². The lowest BCUT2D eigenvalue weighted by Gasteiger charge is -2.14. The molecule has 1 heterocycles. The molecule has 132 valence electrons. The summed E-state index contributed by atoms with van der Waals surface area (Å²) >= 11 is 0. The Morgan fingerprint density at radius 1 is 1.08 bits per heavy atom. The normalized spacial score (nSPS) is 10.4. The van der Waals surface area contributed by atoms with Gasteiger partial charge in [-0.1, -0.05) is 36.4 Å². The maximum Gasteiger partial charge on any atom is 0.256 e. The monoisotopic (exact) mass is 348 g/mol. The van der Waals surface area contributed by atoms with Gasteiger partial charge in [0.05, 0.1) is 5.69 Å². The number of hydrogen-bond acceptors (Lipinski definition) is 3. The molecule has 5 heteroatoms. The van der Waals surface area contributed by atoms with E-state index in [0.717, 1.165) is 11.1 Å². The van der Waals surface area contributed by atoms with Gasteiger partial charge in [0.2, 0.25) is 0 Å². The molecule has 0 radical (unpaired) electrons. The van der Waals surface area contributed by atoms with Crippen molar-refractivity contribution in [3.8, 4) is 5.75 Å². The molecule has 3 rings (SSSR count). The van der Waals surface area contributed by atoms with Crippen molar-refractivity contribution in [3.63, 3.8) is 0 Å². The predicted octanol–water partition coefficient (Wildman–Crippen LogP) is 3.53. The van der Waals surface area contributed by atoms with Crippen molar-refractivity contribution in [2.24, 2.45) is 7.05 Å². The molecule has 2 aromatic carbocycles. The minimum Gasteiger partial charge on any atom is -0.487 e. The van der Waals surface area contributed by atoms with Crippen LogP contribution in [-0.2, 0) is 13.7 Å². The Labute approximate surface area is 151 Å². The van der Waals surface area contributed by atoms with Gasteiger partial charge in [0, 0.05) is 24.9 Å². The van der Waals surface area contributed by atoms with Gasteiger partial charge in [-0.3, -0.25) is 9.59 Å². The third-order valence-corrected chi connectivity index (χ3v) is 3.99. The van der Waals surface area contributed by atoms with Gasteiger partial charge in [-0.15, -0.1) is 0 Å². The van der Waals surface area contributed by atoms with Crippen LogP contribution < -0.4 is 15.6 Å². The number of pyridine rings is 1. The van der Waals surface area contributed by atoms with E-state index in [2.05, 4.69) is 5.32 Å². The van der Waals surface area contributed by atoms with Crippen LogP contribution in [0.1, 0.15) is 21.5 Å². The predicted molar refractivity (Wildman–Crippen MR) is 102 cm³/mol. The Hall–Kier alpha value is -3.34. The number of carbonyl (C=O) groups excluding carboxylic acids is 1. The third-order valence-electron chi connectivity index (χ3n) is 3.99. The molecule has 0 fully saturated rings. The van der Waals surface area contributed by atoms with E-state index in [0.29, 0.717) is 23.6 Å². The number of aromatic nitrogens is 1.